The second-order valence-electron chi connectivity index (χ2n) is 5.44. The molecule has 2 unspecified atom stereocenters. The highest BCUT2D eigenvalue weighted by Gasteiger charge is 2.29. The zero-order valence-corrected chi connectivity index (χ0v) is 10.1. The monoisotopic (exact) mass is 207 g/mol. The van der Waals surface area contributed by atoms with Gasteiger partial charge in [-0.1, -0.05) is 25.5 Å². The quantitative estimate of drug-likeness (QED) is 0.657. The highest BCUT2D eigenvalue weighted by molar-refractivity contribution is 4.97. The van der Waals surface area contributed by atoms with Crippen LogP contribution >= 0.6 is 0 Å². The van der Waals surface area contributed by atoms with Gasteiger partial charge >= 0.3 is 0 Å². The van der Waals surface area contributed by atoms with Crippen LogP contribution in [-0.4, -0.2) is 12.6 Å². The summed E-state index contributed by atoms with van der Waals surface area (Å²) < 4.78 is 0. The van der Waals surface area contributed by atoms with Crippen LogP contribution in [0, 0.1) is 11.8 Å². The molecule has 0 spiro atoms. The molecule has 1 nitrogen and oxygen atoms in total. The van der Waals surface area contributed by atoms with E-state index >= 15 is 0 Å². The van der Waals surface area contributed by atoms with Crippen LogP contribution in [0.2, 0.25) is 0 Å². The Balaban J connectivity index is 1.73. The lowest BCUT2D eigenvalue weighted by atomic mass is 9.89. The van der Waals surface area contributed by atoms with Gasteiger partial charge in [0.15, 0.2) is 0 Å². The first kappa shape index (κ1) is 11.2. The molecule has 2 aliphatic carbocycles. The maximum Gasteiger partial charge on any atom is 0.00683 e. The highest BCUT2D eigenvalue weighted by Crippen LogP contribution is 2.36. The molecule has 1 N–H and O–H groups in total. The third kappa shape index (κ3) is 3.34. The summed E-state index contributed by atoms with van der Waals surface area (Å²) in [5, 5.41) is 3.69. The fourth-order valence-electron chi connectivity index (χ4n) is 2.77. The molecular formula is C14H25N. The Kier molecular flexibility index (Phi) is 3.85. The largest absolute Gasteiger partial charge is 0.314 e. The molecule has 2 atom stereocenters. The average Bonchev–Trinajstić information content (AvgIpc) is 2.97. The Morgan fingerprint density at radius 3 is 2.60 bits per heavy atom. The molecule has 86 valence electrons. The van der Waals surface area contributed by atoms with Gasteiger partial charge < -0.3 is 5.32 Å². The van der Waals surface area contributed by atoms with Crippen molar-refractivity contribution in [1.82, 2.24) is 5.32 Å². The first-order chi connectivity index (χ1) is 7.29. The summed E-state index contributed by atoms with van der Waals surface area (Å²) in [4.78, 5) is 0. The molecule has 0 heterocycles. The Bertz CT molecular complexity index is 217. The van der Waals surface area contributed by atoms with Crippen molar-refractivity contribution in [3.8, 4) is 0 Å². The molecular weight excluding hydrogens is 182 g/mol. The summed E-state index contributed by atoms with van der Waals surface area (Å²) in [6.07, 6.45) is 9.61. The highest BCUT2D eigenvalue weighted by atomic mass is 14.9. The normalized spacial score (nSPS) is 30.7. The lowest BCUT2D eigenvalue weighted by Gasteiger charge is -2.20. The number of hydrogen-bond donors (Lipinski definition) is 1. The van der Waals surface area contributed by atoms with Crippen molar-refractivity contribution >= 4 is 0 Å². The number of rotatable bonds is 6. The van der Waals surface area contributed by atoms with Gasteiger partial charge in [-0.25, -0.2) is 0 Å². The van der Waals surface area contributed by atoms with Crippen molar-refractivity contribution in [2.24, 2.45) is 11.8 Å². The lowest BCUT2D eigenvalue weighted by molar-refractivity contribution is 0.362. The minimum Gasteiger partial charge on any atom is -0.314 e. The van der Waals surface area contributed by atoms with Gasteiger partial charge in [0.1, 0.15) is 0 Å². The zero-order chi connectivity index (χ0) is 10.7. The molecule has 0 aromatic carbocycles. The molecule has 0 aliphatic heterocycles. The van der Waals surface area contributed by atoms with E-state index in [0.717, 1.165) is 17.9 Å². The van der Waals surface area contributed by atoms with Crippen LogP contribution in [0.3, 0.4) is 0 Å². The summed E-state index contributed by atoms with van der Waals surface area (Å²) >= 11 is 0. The third-order valence-electron chi connectivity index (χ3n) is 4.11. The van der Waals surface area contributed by atoms with E-state index < -0.39 is 0 Å². The van der Waals surface area contributed by atoms with E-state index in [9.17, 15) is 0 Å². The zero-order valence-electron chi connectivity index (χ0n) is 10.1. The van der Waals surface area contributed by atoms with E-state index in [4.69, 9.17) is 0 Å². The smallest absolute Gasteiger partial charge is 0.00683 e. The van der Waals surface area contributed by atoms with Gasteiger partial charge in [0.25, 0.3) is 0 Å². The van der Waals surface area contributed by atoms with Crippen molar-refractivity contribution in [3.63, 3.8) is 0 Å². The molecule has 0 aromatic heterocycles. The molecule has 0 bridgehead atoms. The average molecular weight is 207 g/mol. The van der Waals surface area contributed by atoms with Crippen molar-refractivity contribution in [2.45, 2.75) is 57.9 Å². The Hall–Kier alpha value is -0.300. The van der Waals surface area contributed by atoms with Crippen LogP contribution in [-0.2, 0) is 0 Å². The summed E-state index contributed by atoms with van der Waals surface area (Å²) in [6.45, 7) is 7.66. The van der Waals surface area contributed by atoms with Gasteiger partial charge in [-0.2, -0.15) is 0 Å². The summed E-state index contributed by atoms with van der Waals surface area (Å²) in [6, 6.07) is 0.876. The van der Waals surface area contributed by atoms with Crippen LogP contribution < -0.4 is 5.32 Å². The van der Waals surface area contributed by atoms with Crippen molar-refractivity contribution in [2.75, 3.05) is 6.54 Å². The number of allylic oxidation sites excluding steroid dienone is 1. The minimum atomic E-state index is 0.876. The van der Waals surface area contributed by atoms with E-state index in [2.05, 4.69) is 18.8 Å². The Labute approximate surface area is 94.3 Å². The molecule has 2 rings (SSSR count). The SMILES string of the molecule is C=C(CC)CC1CCCC1CNC1CC1. The summed E-state index contributed by atoms with van der Waals surface area (Å²) in [7, 11) is 0. The molecule has 2 saturated carbocycles. The molecule has 1 heteroatoms. The Morgan fingerprint density at radius 1 is 1.20 bits per heavy atom. The van der Waals surface area contributed by atoms with Gasteiger partial charge in [-0.3, -0.25) is 0 Å². The molecule has 15 heavy (non-hydrogen) atoms. The van der Waals surface area contributed by atoms with E-state index in [0.29, 0.717) is 0 Å². The predicted octanol–water partition coefficient (Wildman–Crippen LogP) is 3.51. The van der Waals surface area contributed by atoms with Crippen molar-refractivity contribution in [1.29, 1.82) is 0 Å². The van der Waals surface area contributed by atoms with Crippen molar-refractivity contribution in [3.05, 3.63) is 12.2 Å². The first-order valence-corrected chi connectivity index (χ1v) is 6.69. The van der Waals surface area contributed by atoms with Crippen LogP contribution in [0.1, 0.15) is 51.9 Å². The molecule has 2 fully saturated rings. The Morgan fingerprint density at radius 2 is 1.93 bits per heavy atom. The van der Waals surface area contributed by atoms with Crippen LogP contribution in [0.25, 0.3) is 0 Å². The van der Waals surface area contributed by atoms with Crippen LogP contribution in [0.4, 0.5) is 0 Å². The predicted molar refractivity (Wildman–Crippen MR) is 65.9 cm³/mol. The van der Waals surface area contributed by atoms with Crippen molar-refractivity contribution < 1.29 is 0 Å². The topological polar surface area (TPSA) is 12.0 Å². The second kappa shape index (κ2) is 5.16. The van der Waals surface area contributed by atoms with Gasteiger partial charge in [-0.05, 0) is 56.9 Å². The fraction of sp³-hybridized carbons (Fsp3) is 0.857. The number of nitrogens with one attached hydrogen (secondary N) is 1. The molecule has 2 aliphatic rings. The van der Waals surface area contributed by atoms with E-state index in [1.165, 1.54) is 57.1 Å². The fourth-order valence-corrected chi connectivity index (χ4v) is 2.77. The van der Waals surface area contributed by atoms with Gasteiger partial charge in [-0.15, -0.1) is 0 Å². The maximum atomic E-state index is 4.16. The van der Waals surface area contributed by atoms with Gasteiger partial charge in [0.05, 0.1) is 0 Å². The maximum absolute atomic E-state index is 4.16. The summed E-state index contributed by atoms with van der Waals surface area (Å²) in [5.41, 5.74) is 1.46. The standard InChI is InChI=1S/C14H25N/c1-3-11(2)9-12-5-4-6-13(12)10-15-14-7-8-14/h12-15H,2-10H2,1H3. The van der Waals surface area contributed by atoms with Crippen LogP contribution in [0.15, 0.2) is 12.2 Å². The minimum absolute atomic E-state index is 0.876. The van der Waals surface area contributed by atoms with E-state index in [1.54, 1.807) is 0 Å². The van der Waals surface area contributed by atoms with Gasteiger partial charge in [0.2, 0.25) is 0 Å². The lowest BCUT2D eigenvalue weighted by Crippen LogP contribution is -2.27. The van der Waals surface area contributed by atoms with Crippen LogP contribution in [0.5, 0.6) is 0 Å². The molecule has 0 amide bonds. The third-order valence-corrected chi connectivity index (χ3v) is 4.11. The van der Waals surface area contributed by atoms with Gasteiger partial charge in [0, 0.05) is 6.04 Å². The molecule has 0 saturated heterocycles. The van der Waals surface area contributed by atoms with E-state index in [1.807, 2.05) is 0 Å². The number of hydrogen-bond acceptors (Lipinski definition) is 1. The van der Waals surface area contributed by atoms with E-state index in [-0.39, 0.29) is 0 Å². The second-order valence-corrected chi connectivity index (χ2v) is 5.44. The first-order valence-electron chi connectivity index (χ1n) is 6.69. The molecule has 0 radical (unpaired) electrons. The molecule has 0 aromatic rings. The summed E-state index contributed by atoms with van der Waals surface area (Å²) in [5.74, 6) is 1.87.